The van der Waals surface area contributed by atoms with E-state index >= 15 is 0 Å². The second kappa shape index (κ2) is 10.2. The molecule has 0 aliphatic heterocycles. The van der Waals surface area contributed by atoms with Crippen LogP contribution in [-0.2, 0) is 4.79 Å². The third kappa shape index (κ3) is 5.92. The van der Waals surface area contributed by atoms with E-state index in [2.05, 4.69) is 26.2 Å². The number of nitrogens with zero attached hydrogens (tertiary/aromatic N) is 1. The summed E-state index contributed by atoms with van der Waals surface area (Å²) in [5.41, 5.74) is 2.60. The van der Waals surface area contributed by atoms with Crippen molar-refractivity contribution >= 4 is 44.4 Å². The Morgan fingerprint density at radius 1 is 1.14 bits per heavy atom. The molecule has 0 aliphatic rings. The smallest absolute Gasteiger partial charge is 0.250 e. The lowest BCUT2D eigenvalue weighted by Crippen LogP contribution is -2.07. The fourth-order valence-corrected chi connectivity index (χ4v) is 3.70. The van der Waals surface area contributed by atoms with E-state index in [1.54, 1.807) is 6.08 Å². The van der Waals surface area contributed by atoms with Crippen LogP contribution in [-0.4, -0.2) is 24.1 Å². The summed E-state index contributed by atoms with van der Waals surface area (Å²) in [5.74, 6) is 1.30. The normalized spacial score (nSPS) is 10.9. The molecule has 7 heteroatoms. The van der Waals surface area contributed by atoms with Gasteiger partial charge < -0.3 is 9.47 Å². The molecule has 29 heavy (non-hydrogen) atoms. The number of carbonyl (C=O) groups excluding carboxylic acids is 1. The molecule has 0 spiro atoms. The molecule has 0 unspecified atom stereocenters. The first-order chi connectivity index (χ1) is 14.1. The van der Waals surface area contributed by atoms with Crippen molar-refractivity contribution in [3.05, 3.63) is 64.0 Å². The van der Waals surface area contributed by atoms with Gasteiger partial charge in [-0.1, -0.05) is 15.9 Å². The maximum Gasteiger partial charge on any atom is 0.250 e. The zero-order valence-corrected chi connectivity index (χ0v) is 18.5. The minimum atomic E-state index is -0.250. The fourth-order valence-electron chi connectivity index (χ4n) is 2.60. The fraction of sp³-hybridized carbons (Fsp3) is 0.182. The average Bonchev–Trinajstić information content (AvgIpc) is 3.17. The molecular weight excluding hydrogens is 452 g/mol. The number of halogens is 1. The number of thiazole rings is 1. The van der Waals surface area contributed by atoms with Gasteiger partial charge in [-0.2, -0.15) is 0 Å². The number of carbonyl (C=O) groups is 1. The molecule has 5 nitrogen and oxygen atoms in total. The molecule has 0 fully saturated rings. The lowest BCUT2D eigenvalue weighted by Gasteiger charge is -2.07. The van der Waals surface area contributed by atoms with Gasteiger partial charge in [-0.05, 0) is 62.4 Å². The third-order valence-electron chi connectivity index (χ3n) is 3.88. The van der Waals surface area contributed by atoms with E-state index in [1.807, 2.05) is 61.7 Å². The van der Waals surface area contributed by atoms with Gasteiger partial charge in [-0.3, -0.25) is 10.1 Å². The molecule has 1 aromatic heterocycles. The standard InChI is InChI=1S/C22H21BrN2O3S/c1-3-27-18-9-5-15(6-10-18)19-14-29-22(24-19)25-21(26)12-7-16-13-17(23)8-11-20(16)28-4-2/h5-14H,3-4H2,1-2H3,(H,24,25,26). The predicted molar refractivity (Wildman–Crippen MR) is 122 cm³/mol. The Bertz CT molecular complexity index is 1000. The van der Waals surface area contributed by atoms with E-state index in [-0.39, 0.29) is 5.91 Å². The van der Waals surface area contributed by atoms with Crippen molar-refractivity contribution in [3.8, 4) is 22.8 Å². The Balaban J connectivity index is 1.66. The van der Waals surface area contributed by atoms with Crippen LogP contribution in [0, 0.1) is 0 Å². The molecule has 1 heterocycles. The molecule has 0 saturated heterocycles. The monoisotopic (exact) mass is 472 g/mol. The molecule has 3 aromatic rings. The number of hydrogen-bond acceptors (Lipinski definition) is 5. The van der Waals surface area contributed by atoms with Crippen LogP contribution >= 0.6 is 27.3 Å². The maximum absolute atomic E-state index is 12.3. The van der Waals surface area contributed by atoms with Gasteiger partial charge in [0.05, 0.1) is 18.9 Å². The van der Waals surface area contributed by atoms with Crippen molar-refractivity contribution in [2.45, 2.75) is 13.8 Å². The van der Waals surface area contributed by atoms with Crippen molar-refractivity contribution < 1.29 is 14.3 Å². The van der Waals surface area contributed by atoms with Crippen molar-refractivity contribution in [2.24, 2.45) is 0 Å². The van der Waals surface area contributed by atoms with Crippen LogP contribution in [0.1, 0.15) is 19.4 Å². The number of rotatable bonds is 8. The van der Waals surface area contributed by atoms with Crippen LogP contribution in [0.5, 0.6) is 11.5 Å². The Morgan fingerprint density at radius 2 is 1.90 bits per heavy atom. The highest BCUT2D eigenvalue weighted by Gasteiger charge is 2.08. The van der Waals surface area contributed by atoms with Gasteiger partial charge in [-0.15, -0.1) is 11.3 Å². The molecule has 0 aliphatic carbocycles. The van der Waals surface area contributed by atoms with Crippen molar-refractivity contribution in [1.82, 2.24) is 4.98 Å². The first-order valence-electron chi connectivity index (χ1n) is 9.19. The minimum Gasteiger partial charge on any atom is -0.494 e. The SMILES string of the molecule is CCOc1ccc(-c2csc(NC(=O)C=Cc3cc(Br)ccc3OCC)n2)cc1. The summed E-state index contributed by atoms with van der Waals surface area (Å²) in [6.07, 6.45) is 3.20. The molecule has 1 N–H and O–H groups in total. The number of nitrogens with one attached hydrogen (secondary N) is 1. The number of amides is 1. The number of anilines is 1. The Kier molecular flexibility index (Phi) is 7.43. The highest BCUT2D eigenvalue weighted by Crippen LogP contribution is 2.27. The third-order valence-corrected chi connectivity index (χ3v) is 5.13. The number of aromatic nitrogens is 1. The van der Waals surface area contributed by atoms with Gasteiger partial charge in [0.2, 0.25) is 5.91 Å². The van der Waals surface area contributed by atoms with Crippen molar-refractivity contribution in [2.75, 3.05) is 18.5 Å². The number of hydrogen-bond donors (Lipinski definition) is 1. The molecule has 150 valence electrons. The lowest BCUT2D eigenvalue weighted by molar-refractivity contribution is -0.111. The first kappa shape index (κ1) is 21.1. The summed E-state index contributed by atoms with van der Waals surface area (Å²) in [6.45, 7) is 5.06. The second-order valence-electron chi connectivity index (χ2n) is 5.93. The van der Waals surface area contributed by atoms with E-state index in [0.29, 0.717) is 18.3 Å². The van der Waals surface area contributed by atoms with E-state index in [9.17, 15) is 4.79 Å². The van der Waals surface area contributed by atoms with E-state index < -0.39 is 0 Å². The zero-order chi connectivity index (χ0) is 20.6. The lowest BCUT2D eigenvalue weighted by atomic mass is 10.2. The molecular formula is C22H21BrN2O3S. The van der Waals surface area contributed by atoms with Gasteiger partial charge in [0, 0.05) is 27.1 Å². The Hall–Kier alpha value is -2.64. The maximum atomic E-state index is 12.3. The van der Waals surface area contributed by atoms with Gasteiger partial charge >= 0.3 is 0 Å². The molecule has 3 rings (SSSR count). The van der Waals surface area contributed by atoms with Crippen LogP contribution in [0.2, 0.25) is 0 Å². The van der Waals surface area contributed by atoms with Gasteiger partial charge in [0.1, 0.15) is 11.5 Å². The first-order valence-corrected chi connectivity index (χ1v) is 10.9. The van der Waals surface area contributed by atoms with Crippen LogP contribution in [0.3, 0.4) is 0 Å². The highest BCUT2D eigenvalue weighted by atomic mass is 79.9. The molecule has 0 bridgehead atoms. The van der Waals surface area contributed by atoms with E-state index in [1.165, 1.54) is 17.4 Å². The summed E-state index contributed by atoms with van der Waals surface area (Å²) in [5, 5.41) is 5.26. The van der Waals surface area contributed by atoms with Crippen molar-refractivity contribution in [1.29, 1.82) is 0 Å². The van der Waals surface area contributed by atoms with Crippen LogP contribution in [0.25, 0.3) is 17.3 Å². The largest absolute Gasteiger partial charge is 0.494 e. The molecule has 2 aromatic carbocycles. The quantitative estimate of drug-likeness (QED) is 0.407. The van der Waals surface area contributed by atoms with Crippen molar-refractivity contribution in [3.63, 3.8) is 0 Å². The van der Waals surface area contributed by atoms with Crippen LogP contribution in [0.15, 0.2) is 58.4 Å². The van der Waals surface area contributed by atoms with Crippen LogP contribution < -0.4 is 14.8 Å². The number of benzene rings is 2. The van der Waals surface area contributed by atoms with E-state index in [4.69, 9.17) is 9.47 Å². The average molecular weight is 473 g/mol. The molecule has 0 atom stereocenters. The molecule has 1 amide bonds. The Labute approximate surface area is 182 Å². The van der Waals surface area contributed by atoms with E-state index in [0.717, 1.165) is 32.8 Å². The second-order valence-corrected chi connectivity index (χ2v) is 7.71. The van der Waals surface area contributed by atoms with Crippen LogP contribution in [0.4, 0.5) is 5.13 Å². The zero-order valence-electron chi connectivity index (χ0n) is 16.1. The molecule has 0 saturated carbocycles. The molecule has 0 radical (unpaired) electrons. The summed E-state index contributed by atoms with van der Waals surface area (Å²) in [7, 11) is 0. The number of ether oxygens (including phenoxy) is 2. The van der Waals surface area contributed by atoms with Gasteiger partial charge in [-0.25, -0.2) is 4.98 Å². The highest BCUT2D eigenvalue weighted by molar-refractivity contribution is 9.10. The summed E-state index contributed by atoms with van der Waals surface area (Å²) >= 11 is 4.82. The summed E-state index contributed by atoms with van der Waals surface area (Å²) in [4.78, 5) is 16.8. The van der Waals surface area contributed by atoms with Gasteiger partial charge in [0.15, 0.2) is 5.13 Å². The van der Waals surface area contributed by atoms with Gasteiger partial charge in [0.25, 0.3) is 0 Å². The Morgan fingerprint density at radius 3 is 2.62 bits per heavy atom. The predicted octanol–water partition coefficient (Wildman–Crippen LogP) is 6.02. The summed E-state index contributed by atoms with van der Waals surface area (Å²) in [6, 6.07) is 13.4. The summed E-state index contributed by atoms with van der Waals surface area (Å²) < 4.78 is 12.0. The minimum absolute atomic E-state index is 0.250. The topological polar surface area (TPSA) is 60.5 Å².